The molecule has 0 bridgehead atoms. The van der Waals surface area contributed by atoms with Crippen molar-refractivity contribution in [3.8, 4) is 17.2 Å². The summed E-state index contributed by atoms with van der Waals surface area (Å²) in [6.45, 7) is 8.26. The Morgan fingerprint density at radius 2 is 1.93 bits per heavy atom. The monoisotopic (exact) mass is 614 g/mol. The molecule has 1 N–H and O–H groups in total. The first-order chi connectivity index (χ1) is 20.5. The molecule has 3 aromatic rings. The zero-order chi connectivity index (χ0) is 30.9. The van der Waals surface area contributed by atoms with Crippen LogP contribution in [0.5, 0.6) is 11.5 Å². The molecule has 0 unspecified atom stereocenters. The summed E-state index contributed by atoms with van der Waals surface area (Å²) in [5, 5.41) is 8.28. The van der Waals surface area contributed by atoms with Gasteiger partial charge in [0.2, 0.25) is 0 Å². The van der Waals surface area contributed by atoms with Crippen molar-refractivity contribution >= 4 is 46.2 Å². The van der Waals surface area contributed by atoms with Gasteiger partial charge in [0.05, 0.1) is 43.3 Å². The van der Waals surface area contributed by atoms with Crippen molar-refractivity contribution in [2.75, 3.05) is 58.5 Å². The van der Waals surface area contributed by atoms with Gasteiger partial charge >= 0.3 is 12.1 Å². The number of halogens is 1. The van der Waals surface area contributed by atoms with E-state index in [-0.39, 0.29) is 35.2 Å². The number of hydrogen-bond donors (Lipinski definition) is 1. The molecule has 2 aliphatic rings. The largest absolute Gasteiger partial charge is 0.494 e. The number of likely N-dealkylation sites (tertiary alicyclic amines) is 1. The molecule has 13 nitrogen and oxygen atoms in total. The number of pyridine rings is 1. The number of ether oxygens (including phenoxy) is 4. The SMILES string of the molecule is COC(=O)[C@H]1CCN(CCNC(=O)c2nn(-c3cc4c(cc3OC)N(C(=O)OC(C)(C)C)CCO4)c3cc(Cl)ncc23)C1. The first-order valence-electron chi connectivity index (χ1n) is 14.0. The minimum Gasteiger partial charge on any atom is -0.494 e. The van der Waals surface area contributed by atoms with Crippen LogP contribution in [-0.2, 0) is 14.3 Å². The molecule has 4 heterocycles. The third-order valence-corrected chi connectivity index (χ3v) is 7.44. The second-order valence-corrected chi connectivity index (χ2v) is 11.7. The summed E-state index contributed by atoms with van der Waals surface area (Å²) in [5.74, 6) is 0.0639. The summed E-state index contributed by atoms with van der Waals surface area (Å²) in [6, 6.07) is 5.00. The molecule has 2 aliphatic heterocycles. The fraction of sp³-hybridized carbons (Fsp3) is 0.483. The summed E-state index contributed by atoms with van der Waals surface area (Å²) in [5.41, 5.74) is 0.988. The van der Waals surface area contributed by atoms with Gasteiger partial charge in [-0.05, 0) is 33.7 Å². The first-order valence-corrected chi connectivity index (χ1v) is 14.3. The van der Waals surface area contributed by atoms with E-state index in [1.54, 1.807) is 43.7 Å². The van der Waals surface area contributed by atoms with Crippen LogP contribution in [-0.4, -0.2) is 96.8 Å². The second kappa shape index (κ2) is 12.3. The van der Waals surface area contributed by atoms with Gasteiger partial charge in [0.25, 0.3) is 5.91 Å². The maximum atomic E-state index is 13.3. The van der Waals surface area contributed by atoms with Gasteiger partial charge in [0, 0.05) is 44.0 Å². The van der Waals surface area contributed by atoms with E-state index < -0.39 is 11.7 Å². The standard InChI is InChI=1S/C29H35ClN6O7/c1-29(2,3)43-28(39)35-10-11-42-23-13-21(22(40-4)12-20(23)35)36-19-14-24(30)32-15-18(19)25(33-36)26(37)31-7-9-34-8-6-17(16-34)27(38)41-5/h12-15,17H,6-11,16H2,1-5H3,(H,31,37)/t17-/m0/s1. The number of fused-ring (bicyclic) bond motifs is 2. The number of amides is 2. The van der Waals surface area contributed by atoms with Crippen molar-refractivity contribution in [3.63, 3.8) is 0 Å². The summed E-state index contributed by atoms with van der Waals surface area (Å²) in [7, 11) is 2.89. The number of methoxy groups -OCH3 is 2. The van der Waals surface area contributed by atoms with E-state index in [9.17, 15) is 14.4 Å². The average molecular weight is 615 g/mol. The van der Waals surface area contributed by atoms with Crippen molar-refractivity contribution in [1.82, 2.24) is 25.0 Å². The van der Waals surface area contributed by atoms with E-state index in [1.165, 1.54) is 25.3 Å². The number of benzene rings is 1. The summed E-state index contributed by atoms with van der Waals surface area (Å²) in [6.07, 6.45) is 1.73. The predicted octanol–water partition coefficient (Wildman–Crippen LogP) is 3.44. The number of carbonyl (C=O) groups is 3. The number of carbonyl (C=O) groups excluding carboxylic acids is 3. The second-order valence-electron chi connectivity index (χ2n) is 11.3. The molecule has 1 saturated heterocycles. The summed E-state index contributed by atoms with van der Waals surface area (Å²) >= 11 is 6.26. The quantitative estimate of drug-likeness (QED) is 0.311. The molecule has 2 amide bonds. The molecule has 1 atom stereocenters. The first kappa shape index (κ1) is 30.4. The fourth-order valence-electron chi connectivity index (χ4n) is 5.21. The minimum absolute atomic E-state index is 0.150. The lowest BCUT2D eigenvalue weighted by molar-refractivity contribution is -0.144. The number of aromatic nitrogens is 3. The van der Waals surface area contributed by atoms with Crippen molar-refractivity contribution in [1.29, 1.82) is 0 Å². The van der Waals surface area contributed by atoms with E-state index in [1.807, 2.05) is 0 Å². The van der Waals surface area contributed by atoms with Crippen LogP contribution >= 0.6 is 11.6 Å². The molecule has 14 heteroatoms. The number of nitrogens with one attached hydrogen (secondary N) is 1. The van der Waals surface area contributed by atoms with E-state index in [0.717, 1.165) is 13.0 Å². The Hall–Kier alpha value is -4.10. The van der Waals surface area contributed by atoms with Gasteiger partial charge in [0.1, 0.15) is 34.5 Å². The molecule has 43 heavy (non-hydrogen) atoms. The summed E-state index contributed by atoms with van der Waals surface area (Å²) < 4.78 is 23.6. The predicted molar refractivity (Wildman–Crippen MR) is 158 cm³/mol. The Bertz CT molecular complexity index is 1550. The third-order valence-electron chi connectivity index (χ3n) is 7.23. The van der Waals surface area contributed by atoms with E-state index in [2.05, 4.69) is 20.3 Å². The van der Waals surface area contributed by atoms with Gasteiger partial charge in [-0.2, -0.15) is 5.10 Å². The highest BCUT2D eigenvalue weighted by molar-refractivity contribution is 6.30. The molecule has 0 radical (unpaired) electrons. The minimum atomic E-state index is -0.669. The van der Waals surface area contributed by atoms with Crippen LogP contribution in [0.2, 0.25) is 5.15 Å². The Kier molecular flexibility index (Phi) is 8.65. The van der Waals surface area contributed by atoms with Gasteiger partial charge in [-0.1, -0.05) is 11.6 Å². The maximum absolute atomic E-state index is 13.3. The molecular weight excluding hydrogens is 580 g/mol. The van der Waals surface area contributed by atoms with Crippen LogP contribution in [0, 0.1) is 5.92 Å². The molecule has 0 saturated carbocycles. The number of hydrogen-bond acceptors (Lipinski definition) is 10. The molecular formula is C29H35ClN6O7. The molecule has 0 spiro atoms. The highest BCUT2D eigenvalue weighted by Gasteiger charge is 2.31. The molecule has 5 rings (SSSR count). The smallest absolute Gasteiger partial charge is 0.415 e. The van der Waals surface area contributed by atoms with Gasteiger partial charge in [-0.25, -0.2) is 14.5 Å². The number of esters is 1. The Labute approximate surface area is 254 Å². The maximum Gasteiger partial charge on any atom is 0.415 e. The lowest BCUT2D eigenvalue weighted by Gasteiger charge is -2.32. The average Bonchev–Trinajstić information content (AvgIpc) is 3.59. The van der Waals surface area contributed by atoms with E-state index in [0.29, 0.717) is 60.0 Å². The Balaban J connectivity index is 1.42. The Morgan fingerprint density at radius 1 is 1.14 bits per heavy atom. The van der Waals surface area contributed by atoms with Crippen LogP contribution in [0.4, 0.5) is 10.5 Å². The third kappa shape index (κ3) is 6.47. The van der Waals surface area contributed by atoms with Gasteiger partial charge in [0.15, 0.2) is 5.69 Å². The van der Waals surface area contributed by atoms with Crippen LogP contribution in [0.1, 0.15) is 37.7 Å². The van der Waals surface area contributed by atoms with Crippen molar-refractivity contribution in [2.24, 2.45) is 5.92 Å². The van der Waals surface area contributed by atoms with Crippen LogP contribution in [0.15, 0.2) is 24.4 Å². The topological polar surface area (TPSA) is 137 Å². The lowest BCUT2D eigenvalue weighted by atomic mass is 10.1. The normalized spacial score (nSPS) is 16.9. The zero-order valence-electron chi connectivity index (χ0n) is 24.8. The van der Waals surface area contributed by atoms with Crippen LogP contribution in [0.25, 0.3) is 16.6 Å². The molecule has 1 fully saturated rings. The van der Waals surface area contributed by atoms with Gasteiger partial charge in [-0.15, -0.1) is 0 Å². The van der Waals surface area contributed by atoms with Crippen molar-refractivity contribution < 1.29 is 33.3 Å². The number of nitrogens with zero attached hydrogens (tertiary/aromatic N) is 5. The van der Waals surface area contributed by atoms with Gasteiger partial charge in [-0.3, -0.25) is 14.5 Å². The number of rotatable bonds is 7. The Morgan fingerprint density at radius 3 is 2.65 bits per heavy atom. The van der Waals surface area contributed by atoms with Crippen LogP contribution in [0.3, 0.4) is 0 Å². The van der Waals surface area contributed by atoms with E-state index in [4.69, 9.17) is 30.5 Å². The lowest BCUT2D eigenvalue weighted by Crippen LogP contribution is -2.41. The fourth-order valence-corrected chi connectivity index (χ4v) is 5.36. The van der Waals surface area contributed by atoms with Crippen molar-refractivity contribution in [2.45, 2.75) is 32.8 Å². The highest BCUT2D eigenvalue weighted by Crippen LogP contribution is 2.41. The zero-order valence-corrected chi connectivity index (χ0v) is 25.6. The summed E-state index contributed by atoms with van der Waals surface area (Å²) in [4.78, 5) is 45.9. The van der Waals surface area contributed by atoms with Crippen LogP contribution < -0.4 is 19.7 Å². The molecule has 1 aromatic carbocycles. The van der Waals surface area contributed by atoms with E-state index >= 15 is 0 Å². The van der Waals surface area contributed by atoms with Gasteiger partial charge < -0.3 is 29.2 Å². The molecule has 230 valence electrons. The van der Waals surface area contributed by atoms with Crippen molar-refractivity contribution in [3.05, 3.63) is 35.2 Å². The number of anilines is 1. The molecule has 0 aliphatic carbocycles. The molecule has 2 aromatic heterocycles. The highest BCUT2D eigenvalue weighted by atomic mass is 35.5.